The van der Waals surface area contributed by atoms with E-state index in [-0.39, 0.29) is 12.0 Å². The molecule has 2 rings (SSSR count). The summed E-state index contributed by atoms with van der Waals surface area (Å²) >= 11 is 0. The Balaban J connectivity index is 1.91. The van der Waals surface area contributed by atoms with Gasteiger partial charge in [-0.2, -0.15) is 0 Å². The van der Waals surface area contributed by atoms with Crippen molar-refractivity contribution in [3.05, 3.63) is 0 Å². The molecule has 0 heterocycles. The van der Waals surface area contributed by atoms with E-state index in [1.807, 2.05) is 11.8 Å². The van der Waals surface area contributed by atoms with Crippen LogP contribution in [0.3, 0.4) is 0 Å². The quantitative estimate of drug-likeness (QED) is 0.660. The van der Waals surface area contributed by atoms with E-state index in [9.17, 15) is 4.79 Å². The fraction of sp³-hybridized carbons (Fsp3) is 0.889. The van der Waals surface area contributed by atoms with Crippen molar-refractivity contribution in [1.82, 2.24) is 4.90 Å². The first-order chi connectivity index (χ1) is 5.74. The Labute approximate surface area is 72.9 Å². The molecular formula is C9H16N2O. The molecule has 12 heavy (non-hydrogen) atoms. The number of hydrogen-bond donors (Lipinski definition) is 1. The standard InChI is InChI=1S/C9H16N2O/c1-2-11(6-3-4-6)9(12)7-5-8(7)10/h6-8H,2-5,10H2,1H3. The second-order valence-corrected chi connectivity index (χ2v) is 3.86. The molecule has 0 bridgehead atoms. The van der Waals surface area contributed by atoms with Crippen LogP contribution in [0, 0.1) is 5.92 Å². The van der Waals surface area contributed by atoms with Crippen LogP contribution in [0.25, 0.3) is 0 Å². The lowest BCUT2D eigenvalue weighted by atomic mass is 10.3. The number of rotatable bonds is 3. The van der Waals surface area contributed by atoms with E-state index < -0.39 is 0 Å². The van der Waals surface area contributed by atoms with Crippen molar-refractivity contribution in [2.75, 3.05) is 6.54 Å². The van der Waals surface area contributed by atoms with E-state index >= 15 is 0 Å². The van der Waals surface area contributed by atoms with E-state index in [1.54, 1.807) is 0 Å². The molecule has 2 N–H and O–H groups in total. The fourth-order valence-electron chi connectivity index (χ4n) is 1.69. The second kappa shape index (κ2) is 2.73. The Kier molecular flexibility index (Phi) is 1.83. The molecule has 3 nitrogen and oxygen atoms in total. The van der Waals surface area contributed by atoms with Crippen molar-refractivity contribution < 1.29 is 4.79 Å². The summed E-state index contributed by atoms with van der Waals surface area (Å²) in [7, 11) is 0. The predicted molar refractivity (Wildman–Crippen MR) is 46.5 cm³/mol. The summed E-state index contributed by atoms with van der Waals surface area (Å²) in [5.41, 5.74) is 5.63. The van der Waals surface area contributed by atoms with Crippen molar-refractivity contribution in [3.8, 4) is 0 Å². The highest BCUT2D eigenvalue weighted by Gasteiger charge is 2.45. The molecule has 68 valence electrons. The van der Waals surface area contributed by atoms with Crippen molar-refractivity contribution in [1.29, 1.82) is 0 Å². The Hall–Kier alpha value is -0.570. The molecule has 0 saturated heterocycles. The van der Waals surface area contributed by atoms with Crippen LogP contribution in [-0.4, -0.2) is 29.4 Å². The Morgan fingerprint density at radius 3 is 2.50 bits per heavy atom. The number of nitrogens with two attached hydrogens (primary N) is 1. The minimum Gasteiger partial charge on any atom is -0.340 e. The highest BCUT2D eigenvalue weighted by atomic mass is 16.2. The van der Waals surface area contributed by atoms with Gasteiger partial charge in [0.25, 0.3) is 0 Å². The van der Waals surface area contributed by atoms with E-state index in [2.05, 4.69) is 0 Å². The minimum absolute atomic E-state index is 0.158. The molecule has 0 aromatic carbocycles. The van der Waals surface area contributed by atoms with Gasteiger partial charge < -0.3 is 10.6 Å². The van der Waals surface area contributed by atoms with Gasteiger partial charge in [-0.1, -0.05) is 0 Å². The maximum Gasteiger partial charge on any atom is 0.227 e. The average molecular weight is 168 g/mol. The molecule has 2 aliphatic rings. The molecule has 0 aromatic rings. The largest absolute Gasteiger partial charge is 0.340 e. The number of hydrogen-bond acceptors (Lipinski definition) is 2. The van der Waals surface area contributed by atoms with Crippen LogP contribution >= 0.6 is 0 Å². The third kappa shape index (κ3) is 1.33. The average Bonchev–Trinajstić information content (AvgIpc) is 2.86. The van der Waals surface area contributed by atoms with Gasteiger partial charge in [0.1, 0.15) is 0 Å². The molecule has 1 amide bonds. The molecule has 0 aromatic heterocycles. The van der Waals surface area contributed by atoms with Gasteiger partial charge in [-0.3, -0.25) is 4.79 Å². The van der Waals surface area contributed by atoms with Crippen LogP contribution in [0.5, 0.6) is 0 Å². The molecule has 2 aliphatic carbocycles. The number of amides is 1. The number of carbonyl (C=O) groups is 1. The van der Waals surface area contributed by atoms with Crippen LogP contribution in [0.1, 0.15) is 26.2 Å². The van der Waals surface area contributed by atoms with Gasteiger partial charge in [0.15, 0.2) is 0 Å². The van der Waals surface area contributed by atoms with Gasteiger partial charge in [0, 0.05) is 18.6 Å². The molecule has 2 fully saturated rings. The van der Waals surface area contributed by atoms with Gasteiger partial charge in [-0.25, -0.2) is 0 Å². The molecular weight excluding hydrogens is 152 g/mol. The fourth-order valence-corrected chi connectivity index (χ4v) is 1.69. The highest BCUT2D eigenvalue weighted by molar-refractivity contribution is 5.82. The molecule has 3 heteroatoms. The molecule has 2 saturated carbocycles. The van der Waals surface area contributed by atoms with Crippen molar-refractivity contribution >= 4 is 5.91 Å². The molecule has 0 spiro atoms. The first-order valence-electron chi connectivity index (χ1n) is 4.80. The van der Waals surface area contributed by atoms with Crippen LogP contribution in [0.4, 0.5) is 0 Å². The summed E-state index contributed by atoms with van der Waals surface area (Å²) < 4.78 is 0. The number of carbonyl (C=O) groups excluding carboxylic acids is 1. The summed E-state index contributed by atoms with van der Waals surface area (Å²) in [6.07, 6.45) is 3.30. The van der Waals surface area contributed by atoms with E-state index in [1.165, 1.54) is 12.8 Å². The smallest absolute Gasteiger partial charge is 0.227 e. The minimum atomic E-state index is 0.158. The molecule has 0 radical (unpaired) electrons. The summed E-state index contributed by atoms with van der Waals surface area (Å²) in [6, 6.07) is 0.709. The molecule has 2 unspecified atom stereocenters. The van der Waals surface area contributed by atoms with Crippen LogP contribution < -0.4 is 5.73 Å². The highest BCUT2D eigenvalue weighted by Crippen LogP contribution is 2.34. The monoisotopic (exact) mass is 168 g/mol. The first-order valence-corrected chi connectivity index (χ1v) is 4.80. The van der Waals surface area contributed by atoms with Crippen molar-refractivity contribution in [3.63, 3.8) is 0 Å². The summed E-state index contributed by atoms with van der Waals surface area (Å²) in [4.78, 5) is 13.7. The zero-order valence-corrected chi connectivity index (χ0v) is 7.49. The van der Waals surface area contributed by atoms with Crippen molar-refractivity contribution in [2.24, 2.45) is 11.7 Å². The number of nitrogens with zero attached hydrogens (tertiary/aromatic N) is 1. The van der Waals surface area contributed by atoms with E-state index in [4.69, 9.17) is 5.73 Å². The maximum atomic E-state index is 11.7. The van der Waals surface area contributed by atoms with E-state index in [0.717, 1.165) is 13.0 Å². The zero-order chi connectivity index (χ0) is 8.72. The summed E-state index contributed by atoms with van der Waals surface area (Å²) in [6.45, 7) is 2.90. The van der Waals surface area contributed by atoms with Gasteiger partial charge >= 0.3 is 0 Å². The maximum absolute atomic E-state index is 11.7. The first kappa shape index (κ1) is 8.05. The Morgan fingerprint density at radius 1 is 1.58 bits per heavy atom. The van der Waals surface area contributed by atoms with E-state index in [0.29, 0.717) is 11.9 Å². The molecule has 0 aliphatic heterocycles. The van der Waals surface area contributed by atoms with Gasteiger partial charge in [0.2, 0.25) is 5.91 Å². The Bertz CT molecular complexity index is 201. The van der Waals surface area contributed by atoms with Gasteiger partial charge in [-0.05, 0) is 26.2 Å². The predicted octanol–water partition coefficient (Wildman–Crippen LogP) is 0.345. The SMILES string of the molecule is CCN(C(=O)C1CC1N)C1CC1. The lowest BCUT2D eigenvalue weighted by Gasteiger charge is -2.20. The third-order valence-corrected chi connectivity index (χ3v) is 2.77. The summed E-state index contributed by atoms with van der Waals surface area (Å²) in [5, 5.41) is 0. The lowest BCUT2D eigenvalue weighted by Crippen LogP contribution is -2.35. The van der Waals surface area contributed by atoms with Gasteiger partial charge in [0.05, 0.1) is 5.92 Å². The van der Waals surface area contributed by atoms with Crippen LogP contribution in [0.2, 0.25) is 0 Å². The lowest BCUT2D eigenvalue weighted by molar-refractivity contribution is -0.133. The van der Waals surface area contributed by atoms with Crippen LogP contribution in [0.15, 0.2) is 0 Å². The Morgan fingerprint density at radius 2 is 2.17 bits per heavy atom. The second-order valence-electron chi connectivity index (χ2n) is 3.86. The topological polar surface area (TPSA) is 46.3 Å². The summed E-state index contributed by atoms with van der Waals surface area (Å²) in [5.74, 6) is 0.457. The van der Waals surface area contributed by atoms with Gasteiger partial charge in [-0.15, -0.1) is 0 Å². The molecule has 2 atom stereocenters. The van der Waals surface area contributed by atoms with Crippen molar-refractivity contribution in [2.45, 2.75) is 38.3 Å². The normalized spacial score (nSPS) is 33.2. The third-order valence-electron chi connectivity index (χ3n) is 2.77. The zero-order valence-electron chi connectivity index (χ0n) is 7.49. The van der Waals surface area contributed by atoms with Crippen LogP contribution in [-0.2, 0) is 4.79 Å².